The summed E-state index contributed by atoms with van der Waals surface area (Å²) >= 11 is 12.4. The van der Waals surface area contributed by atoms with Gasteiger partial charge in [-0.2, -0.15) is 26.3 Å². The molecule has 2 atom stereocenters. The van der Waals surface area contributed by atoms with Crippen LogP contribution in [0.3, 0.4) is 0 Å². The lowest BCUT2D eigenvalue weighted by Crippen LogP contribution is -2.34. The second-order valence-electron chi connectivity index (χ2n) is 8.01. The van der Waals surface area contributed by atoms with Gasteiger partial charge in [-0.3, -0.25) is 9.98 Å². The van der Waals surface area contributed by atoms with Gasteiger partial charge in [-0.25, -0.2) is 4.98 Å². The van der Waals surface area contributed by atoms with Gasteiger partial charge in [-0.05, 0) is 29.7 Å². The number of imidazole rings is 1. The minimum Gasteiger partial charge on any atom is -0.479 e. The largest absolute Gasteiger partial charge is 0.479 e. The molecule has 1 aliphatic carbocycles. The van der Waals surface area contributed by atoms with Gasteiger partial charge >= 0.3 is 12.4 Å². The molecule has 0 fully saturated rings. The van der Waals surface area contributed by atoms with E-state index in [1.165, 1.54) is 23.2 Å². The maximum Gasteiger partial charge on any atom is 0.433 e. The van der Waals surface area contributed by atoms with Gasteiger partial charge in [0.05, 0.1) is 29.3 Å². The van der Waals surface area contributed by atoms with Gasteiger partial charge in [0.25, 0.3) is 0 Å². The normalized spacial score (nSPS) is 20.3. The molecule has 3 heterocycles. The van der Waals surface area contributed by atoms with E-state index in [1.807, 2.05) is 0 Å². The molecule has 4 rings (SSSR count). The Bertz CT molecular complexity index is 1290. The van der Waals surface area contributed by atoms with Gasteiger partial charge in [0.1, 0.15) is 5.69 Å². The number of halogens is 8. The number of rotatable bonds is 5. The van der Waals surface area contributed by atoms with Crippen LogP contribution in [0.5, 0.6) is 0 Å². The topological polar surface area (TPSA) is 72.5 Å². The van der Waals surface area contributed by atoms with Crippen molar-refractivity contribution in [3.05, 3.63) is 81.9 Å². The molecule has 14 heteroatoms. The lowest BCUT2D eigenvalue weighted by Gasteiger charge is -2.34. The van der Waals surface area contributed by atoms with Gasteiger partial charge in [0.15, 0.2) is 23.1 Å². The molecule has 0 spiro atoms. The van der Waals surface area contributed by atoms with Crippen molar-refractivity contribution < 1.29 is 36.2 Å². The van der Waals surface area contributed by atoms with Gasteiger partial charge < -0.3 is 14.4 Å². The van der Waals surface area contributed by atoms with Crippen LogP contribution in [0.4, 0.5) is 26.3 Å². The first-order valence-electron chi connectivity index (χ1n) is 10.2. The van der Waals surface area contributed by atoms with Crippen LogP contribution in [0, 0.1) is 0 Å². The first-order chi connectivity index (χ1) is 16.7. The summed E-state index contributed by atoms with van der Waals surface area (Å²) in [7, 11) is 1.57. The van der Waals surface area contributed by atoms with E-state index >= 15 is 0 Å². The maximum absolute atomic E-state index is 13.1. The van der Waals surface area contributed by atoms with Crippen molar-refractivity contribution in [2.75, 3.05) is 6.61 Å². The van der Waals surface area contributed by atoms with Crippen molar-refractivity contribution in [2.45, 2.75) is 30.4 Å². The van der Waals surface area contributed by atoms with Crippen molar-refractivity contribution in [1.29, 1.82) is 0 Å². The van der Waals surface area contributed by atoms with E-state index in [-0.39, 0.29) is 39.0 Å². The number of aromatic nitrogens is 3. The minimum atomic E-state index is -4.69. The molecule has 0 radical (unpaired) electrons. The second kappa shape index (κ2) is 9.24. The zero-order valence-electron chi connectivity index (χ0n) is 18.2. The summed E-state index contributed by atoms with van der Waals surface area (Å²) in [5, 5.41) is 11.4. The zero-order chi connectivity index (χ0) is 26.5. The van der Waals surface area contributed by atoms with Gasteiger partial charge in [0.2, 0.25) is 0 Å². The fraction of sp³-hybridized carbons (Fsp3) is 0.318. The Kier molecular flexibility index (Phi) is 6.73. The number of dihydropyridines is 1. The molecule has 2 aromatic rings. The number of allylic oxidation sites excluding steroid dienone is 1. The van der Waals surface area contributed by atoms with E-state index < -0.39 is 42.1 Å². The lowest BCUT2D eigenvalue weighted by molar-refractivity contribution is -0.163. The number of aliphatic imine (C=N–C) groups is 1. The highest BCUT2D eigenvalue weighted by Gasteiger charge is 2.42. The third-order valence-corrected chi connectivity index (χ3v) is 6.26. The van der Waals surface area contributed by atoms with Crippen molar-refractivity contribution >= 4 is 28.4 Å². The van der Waals surface area contributed by atoms with Crippen molar-refractivity contribution in [3.8, 4) is 0 Å². The molecule has 2 unspecified atom stereocenters. The average molecular weight is 553 g/mol. The van der Waals surface area contributed by atoms with Crippen LogP contribution in [0.1, 0.15) is 23.4 Å². The van der Waals surface area contributed by atoms with E-state index in [0.717, 1.165) is 18.3 Å². The van der Waals surface area contributed by atoms with Crippen LogP contribution in [0.25, 0.3) is 0 Å². The van der Waals surface area contributed by atoms with Crippen LogP contribution in [-0.4, -0.2) is 43.6 Å². The third-order valence-electron chi connectivity index (χ3n) is 5.60. The van der Waals surface area contributed by atoms with E-state index in [2.05, 4.69) is 15.0 Å². The number of aryl methyl sites for hydroxylation is 1. The highest BCUT2D eigenvalue weighted by atomic mass is 35.5. The smallest absolute Gasteiger partial charge is 0.433 e. The van der Waals surface area contributed by atoms with Crippen LogP contribution in [0.2, 0.25) is 0 Å². The number of nitrogens with zero attached hydrogens (tertiary/aromatic N) is 4. The summed E-state index contributed by atoms with van der Waals surface area (Å²) in [4.78, 5) is 11.6. The molecule has 0 aromatic carbocycles. The van der Waals surface area contributed by atoms with Crippen molar-refractivity contribution in [3.63, 3.8) is 0 Å². The summed E-state index contributed by atoms with van der Waals surface area (Å²) in [5.74, 6) is -0.473. The van der Waals surface area contributed by atoms with Crippen molar-refractivity contribution in [1.82, 2.24) is 14.5 Å². The summed E-state index contributed by atoms with van der Waals surface area (Å²) in [5.41, 5.74) is -2.63. The predicted octanol–water partition coefficient (Wildman–Crippen LogP) is 5.38. The number of alkyl halides is 6. The molecule has 0 saturated heterocycles. The number of hydrogen-bond acceptors (Lipinski definition) is 5. The highest BCUT2D eigenvalue weighted by Crippen LogP contribution is 2.44. The lowest BCUT2D eigenvalue weighted by atomic mass is 9.78. The van der Waals surface area contributed by atoms with Crippen LogP contribution >= 0.6 is 23.2 Å². The van der Waals surface area contributed by atoms with Gasteiger partial charge in [-0.1, -0.05) is 35.3 Å². The summed E-state index contributed by atoms with van der Waals surface area (Å²) in [6.07, 6.45) is -2.62. The Morgan fingerprint density at radius 2 is 1.86 bits per heavy atom. The molecule has 36 heavy (non-hydrogen) atoms. The van der Waals surface area contributed by atoms with E-state index in [1.54, 1.807) is 13.1 Å². The van der Waals surface area contributed by atoms with E-state index in [4.69, 9.17) is 27.9 Å². The Morgan fingerprint density at radius 3 is 2.42 bits per heavy atom. The molecule has 2 aliphatic rings. The van der Waals surface area contributed by atoms with Crippen LogP contribution in [-0.2, 0) is 23.6 Å². The molecule has 2 aromatic heterocycles. The predicted molar refractivity (Wildman–Crippen MR) is 118 cm³/mol. The fourth-order valence-corrected chi connectivity index (χ4v) is 4.55. The van der Waals surface area contributed by atoms with Gasteiger partial charge in [0, 0.05) is 18.8 Å². The minimum absolute atomic E-state index is 0.00774. The average Bonchev–Trinajstić information content (AvgIpc) is 3.23. The number of fused-ring (bicyclic) bond motifs is 1. The summed E-state index contributed by atoms with van der Waals surface area (Å²) in [6, 6.07) is 1.14. The van der Waals surface area contributed by atoms with Crippen molar-refractivity contribution in [2.24, 2.45) is 12.0 Å². The second-order valence-corrected chi connectivity index (χ2v) is 8.74. The molecular weight excluding hydrogens is 537 g/mol. The first kappa shape index (κ1) is 26.2. The van der Waals surface area contributed by atoms with Crippen LogP contribution < -0.4 is 0 Å². The van der Waals surface area contributed by atoms with Crippen LogP contribution in [0.15, 0.2) is 69.9 Å². The molecule has 6 nitrogen and oxygen atoms in total. The fourth-order valence-electron chi connectivity index (χ4n) is 3.91. The summed E-state index contributed by atoms with van der Waals surface area (Å²) < 4.78 is 83.5. The third kappa shape index (κ3) is 4.89. The molecule has 0 saturated carbocycles. The van der Waals surface area contributed by atoms with E-state index in [0.29, 0.717) is 0 Å². The van der Waals surface area contributed by atoms with Gasteiger partial charge in [-0.15, -0.1) is 0 Å². The molecule has 1 N–H and O–H groups in total. The molecule has 0 amide bonds. The number of aliphatic hydroxyl groups is 1. The first-order valence-corrected chi connectivity index (χ1v) is 11.0. The Balaban J connectivity index is 1.81. The molecular formula is C22H16Cl2F6N4O2. The summed E-state index contributed by atoms with van der Waals surface area (Å²) in [6.45, 7) is -1.65. The standard InChI is InChI=1S/C22H16Cl2F6N4O2/c1-34-10-31-8-16(34)21(35,12-3-5-15(32-7-12)22(28,29)30)11-2-4-14-13(6-11)17(23)18(19(24)33-14)36-9-20(25,26)27/h2-3,5-8,10,14,35H,4,9H2,1H3. The quantitative estimate of drug-likeness (QED) is 0.506. The number of pyridine rings is 1. The Morgan fingerprint density at radius 1 is 1.14 bits per heavy atom. The Labute approximate surface area is 210 Å². The zero-order valence-corrected chi connectivity index (χ0v) is 19.7. The maximum atomic E-state index is 13.1. The molecule has 1 aliphatic heterocycles. The SMILES string of the molecule is Cn1cncc1C(O)(C1=CCC2N=C(Cl)C(OCC(F)(F)F)=C(Cl)C2=C1)c1ccc(C(F)(F)F)nc1. The number of ether oxygens (including phenoxy) is 1. The van der Waals surface area contributed by atoms with E-state index in [9.17, 15) is 31.4 Å². The monoisotopic (exact) mass is 552 g/mol. The Hall–Kier alpha value is -2.83. The highest BCUT2D eigenvalue weighted by molar-refractivity contribution is 6.70. The molecule has 0 bridgehead atoms. The number of hydrogen-bond donors (Lipinski definition) is 1. The molecule has 192 valence electrons.